The minimum Gasteiger partial charge on any atom is -0.466 e. The fraction of sp³-hybridized carbons (Fsp3) is 0.100. The maximum absolute atomic E-state index is 10.8. The minimum atomic E-state index is -0.559. The molecule has 0 fully saturated rings. The minimum absolute atomic E-state index is 0.294. The second-order valence-electron chi connectivity index (χ2n) is 2.73. The van der Waals surface area contributed by atoms with Crippen molar-refractivity contribution >= 4 is 18.0 Å². The number of nitrogens with two attached hydrogens (primary N) is 1. The van der Waals surface area contributed by atoms with Gasteiger partial charge in [-0.2, -0.15) is 0 Å². The van der Waals surface area contributed by atoms with Gasteiger partial charge in [0, 0.05) is 18.5 Å². The zero-order valence-corrected chi connectivity index (χ0v) is 8.14. The zero-order chi connectivity index (χ0) is 11.3. The molecular formula is C10H10N2O3. The number of rotatable bonds is 3. The first kappa shape index (κ1) is 10.9. The average molecular weight is 206 g/mol. The van der Waals surface area contributed by atoms with E-state index in [1.54, 1.807) is 0 Å². The standard InChI is InChI=1S/C10H10N2O3/c1-15-9(13)3-2-7-4-8(10(11)14)6-12-5-7/h2-6H,1H3,(H2,11,14). The van der Waals surface area contributed by atoms with E-state index in [4.69, 9.17) is 5.73 Å². The van der Waals surface area contributed by atoms with E-state index in [-0.39, 0.29) is 0 Å². The molecule has 1 rings (SSSR count). The molecule has 0 unspecified atom stereocenters. The normalized spacial score (nSPS) is 10.2. The van der Waals surface area contributed by atoms with Crippen LogP contribution in [0, 0.1) is 0 Å². The summed E-state index contributed by atoms with van der Waals surface area (Å²) in [5.41, 5.74) is 5.97. The summed E-state index contributed by atoms with van der Waals surface area (Å²) < 4.78 is 4.41. The van der Waals surface area contributed by atoms with E-state index in [2.05, 4.69) is 9.72 Å². The van der Waals surface area contributed by atoms with Gasteiger partial charge in [-0.25, -0.2) is 4.79 Å². The van der Waals surface area contributed by atoms with Crippen molar-refractivity contribution in [1.82, 2.24) is 4.98 Å². The topological polar surface area (TPSA) is 82.3 Å². The fourth-order valence-electron chi connectivity index (χ4n) is 0.916. The van der Waals surface area contributed by atoms with Gasteiger partial charge in [-0.05, 0) is 17.7 Å². The molecule has 0 aromatic carbocycles. The van der Waals surface area contributed by atoms with Gasteiger partial charge in [0.15, 0.2) is 0 Å². The quantitative estimate of drug-likeness (QED) is 0.572. The number of aromatic nitrogens is 1. The molecule has 5 nitrogen and oxygen atoms in total. The second-order valence-corrected chi connectivity index (χ2v) is 2.73. The van der Waals surface area contributed by atoms with Crippen LogP contribution in [-0.4, -0.2) is 24.0 Å². The van der Waals surface area contributed by atoms with Crippen molar-refractivity contribution in [2.75, 3.05) is 7.11 Å². The highest BCUT2D eigenvalue weighted by molar-refractivity contribution is 5.93. The molecule has 1 amide bonds. The summed E-state index contributed by atoms with van der Waals surface area (Å²) in [5.74, 6) is -1.03. The zero-order valence-electron chi connectivity index (χ0n) is 8.14. The molecule has 0 spiro atoms. The van der Waals surface area contributed by atoms with Crippen molar-refractivity contribution in [2.24, 2.45) is 5.73 Å². The Balaban J connectivity index is 2.87. The molecule has 0 atom stereocenters. The van der Waals surface area contributed by atoms with Crippen LogP contribution >= 0.6 is 0 Å². The number of ether oxygens (including phenoxy) is 1. The first-order valence-electron chi connectivity index (χ1n) is 4.14. The number of hydrogen-bond donors (Lipinski definition) is 1. The maximum atomic E-state index is 10.8. The molecule has 78 valence electrons. The Morgan fingerprint density at radius 3 is 2.80 bits per heavy atom. The summed E-state index contributed by atoms with van der Waals surface area (Å²) in [5, 5.41) is 0. The van der Waals surface area contributed by atoms with Gasteiger partial charge < -0.3 is 10.5 Å². The Bertz CT molecular complexity index is 413. The summed E-state index contributed by atoms with van der Waals surface area (Å²) in [7, 11) is 1.28. The molecule has 0 saturated carbocycles. The molecular weight excluding hydrogens is 196 g/mol. The molecule has 5 heteroatoms. The van der Waals surface area contributed by atoms with E-state index in [1.807, 2.05) is 0 Å². The Morgan fingerprint density at radius 2 is 2.20 bits per heavy atom. The average Bonchev–Trinajstić information content (AvgIpc) is 2.26. The van der Waals surface area contributed by atoms with Crippen LogP contribution in [0.2, 0.25) is 0 Å². The number of esters is 1. The van der Waals surface area contributed by atoms with Gasteiger partial charge in [0.2, 0.25) is 5.91 Å². The molecule has 1 aromatic heterocycles. The molecule has 2 N–H and O–H groups in total. The lowest BCUT2D eigenvalue weighted by Gasteiger charge is -1.96. The number of pyridine rings is 1. The van der Waals surface area contributed by atoms with Crippen molar-refractivity contribution < 1.29 is 14.3 Å². The number of methoxy groups -OCH3 is 1. The van der Waals surface area contributed by atoms with Crippen LogP contribution in [-0.2, 0) is 9.53 Å². The molecule has 1 aromatic rings. The lowest BCUT2D eigenvalue weighted by atomic mass is 10.2. The number of amides is 1. The largest absolute Gasteiger partial charge is 0.466 e. The molecule has 0 saturated heterocycles. The van der Waals surface area contributed by atoms with Crippen LogP contribution in [0.15, 0.2) is 24.5 Å². The third-order valence-electron chi connectivity index (χ3n) is 1.66. The van der Waals surface area contributed by atoms with Crippen LogP contribution in [0.3, 0.4) is 0 Å². The van der Waals surface area contributed by atoms with Crippen LogP contribution in [0.25, 0.3) is 6.08 Å². The molecule has 0 aliphatic heterocycles. The van der Waals surface area contributed by atoms with Gasteiger partial charge >= 0.3 is 5.97 Å². The van der Waals surface area contributed by atoms with Gasteiger partial charge in [-0.3, -0.25) is 9.78 Å². The van der Waals surface area contributed by atoms with Crippen LogP contribution < -0.4 is 5.73 Å². The first-order chi connectivity index (χ1) is 7.13. The van der Waals surface area contributed by atoms with Crippen molar-refractivity contribution in [3.63, 3.8) is 0 Å². The van der Waals surface area contributed by atoms with E-state index in [0.29, 0.717) is 11.1 Å². The Labute approximate surface area is 86.6 Å². The second kappa shape index (κ2) is 4.90. The Hall–Kier alpha value is -2.17. The van der Waals surface area contributed by atoms with Gasteiger partial charge in [0.05, 0.1) is 12.7 Å². The highest BCUT2D eigenvalue weighted by atomic mass is 16.5. The van der Waals surface area contributed by atoms with Crippen molar-refractivity contribution in [2.45, 2.75) is 0 Å². The third-order valence-corrected chi connectivity index (χ3v) is 1.66. The molecule has 0 radical (unpaired) electrons. The van der Waals surface area contributed by atoms with E-state index in [1.165, 1.54) is 37.7 Å². The summed E-state index contributed by atoms with van der Waals surface area (Å²) >= 11 is 0. The van der Waals surface area contributed by atoms with Gasteiger partial charge in [-0.15, -0.1) is 0 Å². The number of hydrogen-bond acceptors (Lipinski definition) is 4. The highest BCUT2D eigenvalue weighted by Crippen LogP contribution is 2.04. The molecule has 0 bridgehead atoms. The predicted octanol–water partition coefficient (Wildman–Crippen LogP) is 0.367. The van der Waals surface area contributed by atoms with E-state index in [9.17, 15) is 9.59 Å². The molecule has 0 aliphatic carbocycles. The smallest absolute Gasteiger partial charge is 0.330 e. The van der Waals surface area contributed by atoms with Crippen LogP contribution in [0.1, 0.15) is 15.9 Å². The SMILES string of the molecule is COC(=O)C=Cc1cncc(C(N)=O)c1. The van der Waals surface area contributed by atoms with Crippen LogP contribution in [0.5, 0.6) is 0 Å². The molecule has 1 heterocycles. The van der Waals surface area contributed by atoms with Crippen molar-refractivity contribution in [3.8, 4) is 0 Å². The summed E-state index contributed by atoms with van der Waals surface area (Å²) in [6, 6.07) is 1.54. The van der Waals surface area contributed by atoms with E-state index < -0.39 is 11.9 Å². The number of nitrogens with zero attached hydrogens (tertiary/aromatic N) is 1. The van der Waals surface area contributed by atoms with Gasteiger partial charge in [0.1, 0.15) is 0 Å². The van der Waals surface area contributed by atoms with E-state index in [0.717, 1.165) is 0 Å². The maximum Gasteiger partial charge on any atom is 0.330 e. The summed E-state index contributed by atoms with van der Waals surface area (Å²) in [4.78, 5) is 25.4. The Kier molecular flexibility index (Phi) is 3.56. The van der Waals surface area contributed by atoms with Crippen molar-refractivity contribution in [3.05, 3.63) is 35.7 Å². The molecule has 15 heavy (non-hydrogen) atoms. The first-order valence-corrected chi connectivity index (χ1v) is 4.14. The number of carbonyl (C=O) groups excluding carboxylic acids is 2. The van der Waals surface area contributed by atoms with Crippen LogP contribution in [0.4, 0.5) is 0 Å². The van der Waals surface area contributed by atoms with Crippen molar-refractivity contribution in [1.29, 1.82) is 0 Å². The van der Waals surface area contributed by atoms with Gasteiger partial charge in [0.25, 0.3) is 0 Å². The lowest BCUT2D eigenvalue weighted by molar-refractivity contribution is -0.134. The fourth-order valence-corrected chi connectivity index (χ4v) is 0.916. The Morgan fingerprint density at radius 1 is 1.47 bits per heavy atom. The predicted molar refractivity (Wildman–Crippen MR) is 53.8 cm³/mol. The third kappa shape index (κ3) is 3.22. The lowest BCUT2D eigenvalue weighted by Crippen LogP contribution is -2.11. The summed E-state index contributed by atoms with van der Waals surface area (Å²) in [6.45, 7) is 0. The molecule has 0 aliphatic rings. The monoisotopic (exact) mass is 206 g/mol. The number of carbonyl (C=O) groups is 2. The summed E-state index contributed by atoms with van der Waals surface area (Å²) in [6.07, 6.45) is 5.59. The number of primary amides is 1. The highest BCUT2D eigenvalue weighted by Gasteiger charge is 2.00. The van der Waals surface area contributed by atoms with Gasteiger partial charge in [-0.1, -0.05) is 0 Å². The van der Waals surface area contributed by atoms with E-state index >= 15 is 0 Å².